The quantitative estimate of drug-likeness (QED) is 0.121. The van der Waals surface area contributed by atoms with Crippen LogP contribution in [0.3, 0.4) is 0 Å². The highest BCUT2D eigenvalue weighted by molar-refractivity contribution is 7.80. The highest BCUT2D eigenvalue weighted by Gasteiger charge is 2.16. The zero-order valence-corrected chi connectivity index (χ0v) is 21.9. The molecule has 0 fully saturated rings. The van der Waals surface area contributed by atoms with E-state index in [0.29, 0.717) is 12.2 Å². The summed E-state index contributed by atoms with van der Waals surface area (Å²) in [5.74, 6) is -0.112. The molecule has 0 unspecified atom stereocenters. The third-order valence-electron chi connectivity index (χ3n) is 4.55. The molecule has 0 bridgehead atoms. The zero-order chi connectivity index (χ0) is 26.2. The SMILES string of the molecule is O=C(CCS)CCOCCn1c(=O)n(CCOC(=O)CCS)c(=O)n(CCOC(=O)CCS)c1=O. The van der Waals surface area contributed by atoms with Crippen LogP contribution in [-0.4, -0.2) is 75.1 Å². The van der Waals surface area contributed by atoms with Gasteiger partial charge >= 0.3 is 29.0 Å². The van der Waals surface area contributed by atoms with Crippen LogP contribution in [0.25, 0.3) is 0 Å². The minimum atomic E-state index is -0.926. The Labute approximate surface area is 218 Å². The molecule has 1 aromatic heterocycles. The van der Waals surface area contributed by atoms with E-state index in [1.807, 2.05) is 0 Å². The summed E-state index contributed by atoms with van der Waals surface area (Å²) in [5, 5.41) is 0. The number of ether oxygens (including phenoxy) is 3. The first kappa shape index (κ1) is 31.1. The number of rotatable bonds is 18. The maximum atomic E-state index is 12.8. The Bertz CT molecular complexity index is 958. The average molecular weight is 554 g/mol. The molecule has 1 rings (SSSR count). The summed E-state index contributed by atoms with van der Waals surface area (Å²) >= 11 is 11.8. The van der Waals surface area contributed by atoms with Crippen molar-refractivity contribution in [2.75, 3.05) is 43.7 Å². The van der Waals surface area contributed by atoms with E-state index in [9.17, 15) is 28.8 Å². The van der Waals surface area contributed by atoms with E-state index in [1.54, 1.807) is 0 Å². The van der Waals surface area contributed by atoms with E-state index in [4.69, 9.17) is 14.2 Å². The average Bonchev–Trinajstić information content (AvgIpc) is 2.80. The van der Waals surface area contributed by atoms with Crippen molar-refractivity contribution < 1.29 is 28.6 Å². The number of hydrogen-bond donors (Lipinski definition) is 3. The molecule has 0 aromatic carbocycles. The molecule has 0 aliphatic carbocycles. The van der Waals surface area contributed by atoms with Crippen LogP contribution in [-0.2, 0) is 48.2 Å². The number of Topliss-reactive ketones (excluding diaryl/α,β-unsaturated/α-hetero) is 1. The number of carbonyl (C=O) groups excluding carboxylic acids is 3. The van der Waals surface area contributed by atoms with E-state index in [0.717, 1.165) is 13.7 Å². The monoisotopic (exact) mass is 553 g/mol. The fourth-order valence-corrected chi connectivity index (χ4v) is 3.39. The molecular formula is C20H31N3O9S3. The lowest BCUT2D eigenvalue weighted by Crippen LogP contribution is -2.55. The zero-order valence-electron chi connectivity index (χ0n) is 19.3. The lowest BCUT2D eigenvalue weighted by molar-refractivity contribution is -0.144. The summed E-state index contributed by atoms with van der Waals surface area (Å²) in [5.41, 5.74) is -2.73. The highest BCUT2D eigenvalue weighted by atomic mass is 32.1. The predicted molar refractivity (Wildman–Crippen MR) is 137 cm³/mol. The van der Waals surface area contributed by atoms with Crippen molar-refractivity contribution in [2.45, 2.75) is 45.3 Å². The van der Waals surface area contributed by atoms with E-state index in [-0.39, 0.29) is 82.6 Å². The van der Waals surface area contributed by atoms with Gasteiger partial charge in [-0.3, -0.25) is 14.4 Å². The molecule has 0 saturated carbocycles. The van der Waals surface area contributed by atoms with Crippen LogP contribution in [0.4, 0.5) is 0 Å². The van der Waals surface area contributed by atoms with Gasteiger partial charge in [0.25, 0.3) is 0 Å². The van der Waals surface area contributed by atoms with Crippen LogP contribution >= 0.6 is 37.9 Å². The molecule has 0 aliphatic rings. The minimum Gasteiger partial charge on any atom is -0.464 e. The molecular weight excluding hydrogens is 522 g/mol. The molecule has 0 aliphatic heterocycles. The van der Waals surface area contributed by atoms with E-state index in [2.05, 4.69) is 37.9 Å². The highest BCUT2D eigenvalue weighted by Crippen LogP contribution is 1.94. The Kier molecular flexibility index (Phi) is 15.5. The van der Waals surface area contributed by atoms with Crippen LogP contribution in [0.2, 0.25) is 0 Å². The number of thiol groups is 3. The summed E-state index contributed by atoms with van der Waals surface area (Å²) in [4.78, 5) is 73.1. The number of esters is 2. The van der Waals surface area contributed by atoms with Crippen molar-refractivity contribution in [3.05, 3.63) is 31.5 Å². The number of aromatic nitrogens is 3. The Morgan fingerprint density at radius 2 is 0.971 bits per heavy atom. The number of ketones is 1. The molecule has 0 saturated heterocycles. The van der Waals surface area contributed by atoms with Crippen molar-refractivity contribution >= 4 is 55.6 Å². The van der Waals surface area contributed by atoms with Gasteiger partial charge in [-0.15, -0.1) is 0 Å². The van der Waals surface area contributed by atoms with Gasteiger partial charge in [-0.2, -0.15) is 37.9 Å². The molecule has 15 heteroatoms. The lowest BCUT2D eigenvalue weighted by atomic mass is 10.2. The predicted octanol–water partition coefficient (Wildman–Crippen LogP) is -0.806. The van der Waals surface area contributed by atoms with Crippen molar-refractivity contribution in [3.8, 4) is 0 Å². The van der Waals surface area contributed by atoms with Gasteiger partial charge in [-0.1, -0.05) is 0 Å². The van der Waals surface area contributed by atoms with Gasteiger partial charge in [0.2, 0.25) is 0 Å². The van der Waals surface area contributed by atoms with Crippen molar-refractivity contribution in [3.63, 3.8) is 0 Å². The van der Waals surface area contributed by atoms with Gasteiger partial charge in [0.05, 0.1) is 45.7 Å². The second kappa shape index (κ2) is 17.5. The molecule has 1 aromatic rings. The Morgan fingerprint density at radius 1 is 0.571 bits per heavy atom. The molecule has 0 atom stereocenters. The first-order valence-electron chi connectivity index (χ1n) is 10.9. The van der Waals surface area contributed by atoms with Gasteiger partial charge < -0.3 is 14.2 Å². The minimum absolute atomic E-state index is 0.0204. The maximum Gasteiger partial charge on any atom is 0.336 e. The topological polar surface area (TPSA) is 145 Å². The number of carbonyl (C=O) groups is 3. The standard InChI is InChI=1S/C20H31N3O9S3/c24-15(2-12-33)1-8-30-9-5-21-18(27)22(6-10-31-16(25)3-13-34)20(29)23(19(21)28)7-11-32-17(26)4-14-35/h33-35H,1-14H2. The fourth-order valence-electron chi connectivity index (χ4n) is 2.78. The number of hydrogen-bond acceptors (Lipinski definition) is 12. The maximum absolute atomic E-state index is 12.8. The first-order chi connectivity index (χ1) is 16.8. The molecule has 0 amide bonds. The third-order valence-corrected chi connectivity index (χ3v) is 5.22. The Hall–Kier alpha value is -1.97. The Balaban J connectivity index is 3.03. The van der Waals surface area contributed by atoms with E-state index < -0.39 is 29.0 Å². The summed E-state index contributed by atoms with van der Waals surface area (Å²) in [6, 6.07) is 0. The third kappa shape index (κ3) is 11.1. The molecule has 1 heterocycles. The fraction of sp³-hybridized carbons (Fsp3) is 0.700. The van der Waals surface area contributed by atoms with Crippen LogP contribution in [0.15, 0.2) is 14.4 Å². The summed E-state index contributed by atoms with van der Waals surface area (Å²) in [6.45, 7) is -1.23. The van der Waals surface area contributed by atoms with Crippen LogP contribution in [0.1, 0.15) is 25.7 Å². The van der Waals surface area contributed by atoms with Crippen LogP contribution < -0.4 is 17.1 Å². The van der Waals surface area contributed by atoms with E-state index >= 15 is 0 Å². The van der Waals surface area contributed by atoms with Crippen LogP contribution in [0, 0.1) is 0 Å². The largest absolute Gasteiger partial charge is 0.464 e. The molecule has 0 radical (unpaired) electrons. The van der Waals surface area contributed by atoms with Gasteiger partial charge in [-0.25, -0.2) is 28.1 Å². The van der Waals surface area contributed by atoms with Crippen molar-refractivity contribution in [1.29, 1.82) is 0 Å². The Morgan fingerprint density at radius 3 is 1.37 bits per heavy atom. The molecule has 0 N–H and O–H groups in total. The molecule has 35 heavy (non-hydrogen) atoms. The summed E-state index contributed by atoms with van der Waals surface area (Å²) in [6.07, 6.45) is 0.619. The van der Waals surface area contributed by atoms with Crippen LogP contribution in [0.5, 0.6) is 0 Å². The molecule has 12 nitrogen and oxygen atoms in total. The molecule has 198 valence electrons. The summed E-state index contributed by atoms with van der Waals surface area (Å²) in [7, 11) is 0. The van der Waals surface area contributed by atoms with Crippen molar-refractivity contribution in [2.24, 2.45) is 0 Å². The van der Waals surface area contributed by atoms with Gasteiger partial charge in [0, 0.05) is 24.3 Å². The first-order valence-corrected chi connectivity index (χ1v) is 12.8. The van der Waals surface area contributed by atoms with Gasteiger partial charge in [-0.05, 0) is 5.75 Å². The lowest BCUT2D eigenvalue weighted by Gasteiger charge is -2.14. The second-order valence-electron chi connectivity index (χ2n) is 7.07. The smallest absolute Gasteiger partial charge is 0.336 e. The van der Waals surface area contributed by atoms with Gasteiger partial charge in [0.1, 0.15) is 19.0 Å². The normalized spacial score (nSPS) is 10.8. The number of nitrogens with zero attached hydrogens (tertiary/aromatic N) is 3. The van der Waals surface area contributed by atoms with Gasteiger partial charge in [0.15, 0.2) is 0 Å². The summed E-state index contributed by atoms with van der Waals surface area (Å²) < 4.78 is 17.7. The van der Waals surface area contributed by atoms with E-state index in [1.165, 1.54) is 0 Å². The second-order valence-corrected chi connectivity index (χ2v) is 8.41. The van der Waals surface area contributed by atoms with Crippen molar-refractivity contribution in [1.82, 2.24) is 13.7 Å². The molecule has 0 spiro atoms.